The third-order valence-electron chi connectivity index (χ3n) is 4.88. The first kappa shape index (κ1) is 14.9. The summed E-state index contributed by atoms with van der Waals surface area (Å²) in [6.07, 6.45) is 4.91. The Morgan fingerprint density at radius 2 is 1.95 bits per heavy atom. The van der Waals surface area contributed by atoms with Gasteiger partial charge >= 0.3 is 0 Å². The van der Waals surface area contributed by atoms with Crippen molar-refractivity contribution in [3.05, 3.63) is 34.9 Å². The van der Waals surface area contributed by atoms with E-state index in [1.54, 1.807) is 0 Å². The maximum Gasteiger partial charge on any atom is 0.223 e. The zero-order chi connectivity index (χ0) is 14.8. The molecule has 2 aliphatic carbocycles. The quantitative estimate of drug-likeness (QED) is 0.898. The number of carbonyl (C=O) groups excluding carboxylic acids is 1. The molecule has 1 aromatic rings. The predicted octanol–water partition coefficient (Wildman–Crippen LogP) is 3.11. The van der Waals surface area contributed by atoms with E-state index in [9.17, 15) is 4.79 Å². The topological polar surface area (TPSA) is 49.3 Å². The summed E-state index contributed by atoms with van der Waals surface area (Å²) >= 11 is 6.20. The second kappa shape index (κ2) is 6.37. The predicted molar refractivity (Wildman–Crippen MR) is 83.3 cm³/mol. The van der Waals surface area contributed by atoms with Gasteiger partial charge in [-0.15, -0.1) is 0 Å². The summed E-state index contributed by atoms with van der Waals surface area (Å²) in [5.74, 6) is 0.968. The average Bonchev–Trinajstić information content (AvgIpc) is 3.29. The molecule has 3 nitrogen and oxygen atoms in total. The minimum absolute atomic E-state index is 0.0838. The van der Waals surface area contributed by atoms with Crippen LogP contribution in [0.4, 0.5) is 0 Å². The molecule has 2 fully saturated rings. The lowest BCUT2D eigenvalue weighted by atomic mass is 9.86. The van der Waals surface area contributed by atoms with Gasteiger partial charge in [0.1, 0.15) is 0 Å². The van der Waals surface area contributed by atoms with Crippen molar-refractivity contribution in [3.8, 4) is 0 Å². The maximum atomic E-state index is 12.3. The second-order valence-electron chi connectivity index (χ2n) is 6.38. The third-order valence-corrected chi connectivity index (χ3v) is 5.23. The van der Waals surface area contributed by atoms with Crippen LogP contribution in [0.15, 0.2) is 24.3 Å². The molecule has 3 rings (SSSR count). The normalized spacial score (nSPS) is 31.7. The highest BCUT2D eigenvalue weighted by molar-refractivity contribution is 6.31. The van der Waals surface area contributed by atoms with Crippen LogP contribution in [-0.2, 0) is 4.79 Å². The number of nitrogens with one attached hydrogen (secondary N) is 1. The molecule has 0 radical (unpaired) electrons. The molecule has 0 bridgehead atoms. The second-order valence-corrected chi connectivity index (χ2v) is 6.79. The van der Waals surface area contributed by atoms with Crippen molar-refractivity contribution in [1.29, 1.82) is 0 Å². The number of aliphatic hydroxyl groups excluding tert-OH is 1. The summed E-state index contributed by atoms with van der Waals surface area (Å²) in [6.45, 7) is 0.276. The van der Waals surface area contributed by atoms with E-state index in [0.717, 1.165) is 42.7 Å². The Morgan fingerprint density at radius 3 is 2.62 bits per heavy atom. The van der Waals surface area contributed by atoms with Gasteiger partial charge in [-0.2, -0.15) is 0 Å². The molecule has 0 heterocycles. The first-order chi connectivity index (χ1) is 10.2. The monoisotopic (exact) mass is 307 g/mol. The van der Waals surface area contributed by atoms with Crippen molar-refractivity contribution in [2.75, 3.05) is 6.61 Å². The molecule has 21 heavy (non-hydrogen) atoms. The summed E-state index contributed by atoms with van der Waals surface area (Å²) in [5, 5.41) is 13.1. The highest BCUT2D eigenvalue weighted by Gasteiger charge is 2.45. The summed E-state index contributed by atoms with van der Waals surface area (Å²) in [6, 6.07) is 8.09. The van der Waals surface area contributed by atoms with Crippen LogP contribution < -0.4 is 5.32 Å². The van der Waals surface area contributed by atoms with E-state index in [1.807, 2.05) is 24.3 Å². The lowest BCUT2D eigenvalue weighted by Gasteiger charge is -2.28. The molecule has 114 valence electrons. The van der Waals surface area contributed by atoms with Crippen LogP contribution in [0.1, 0.15) is 43.6 Å². The SMILES string of the molecule is O=C(NC1CCC(CO)CC1)C1CC1c1ccccc1Cl. The third kappa shape index (κ3) is 3.41. The first-order valence-electron chi connectivity index (χ1n) is 7.84. The fourth-order valence-corrected chi connectivity index (χ4v) is 3.68. The number of carbonyl (C=O) groups is 1. The zero-order valence-electron chi connectivity index (χ0n) is 12.1. The molecule has 2 aliphatic rings. The Kier molecular flexibility index (Phi) is 4.51. The van der Waals surface area contributed by atoms with Crippen molar-refractivity contribution >= 4 is 17.5 Å². The highest BCUT2D eigenvalue weighted by Crippen LogP contribution is 2.49. The molecule has 1 amide bonds. The van der Waals surface area contributed by atoms with Crippen LogP contribution in [0.2, 0.25) is 5.02 Å². The molecule has 0 aromatic heterocycles. The molecule has 2 N–H and O–H groups in total. The van der Waals surface area contributed by atoms with E-state index < -0.39 is 0 Å². The Balaban J connectivity index is 1.51. The summed E-state index contributed by atoms with van der Waals surface area (Å²) < 4.78 is 0. The van der Waals surface area contributed by atoms with Gasteiger partial charge in [0.2, 0.25) is 5.91 Å². The summed E-state index contributed by atoms with van der Waals surface area (Å²) in [4.78, 5) is 12.3. The summed E-state index contributed by atoms with van der Waals surface area (Å²) in [5.41, 5.74) is 1.10. The average molecular weight is 308 g/mol. The van der Waals surface area contributed by atoms with Crippen molar-refractivity contribution in [2.24, 2.45) is 11.8 Å². The molecule has 2 saturated carbocycles. The van der Waals surface area contributed by atoms with Gasteiger partial charge < -0.3 is 10.4 Å². The number of aliphatic hydroxyl groups is 1. The van der Waals surface area contributed by atoms with Crippen LogP contribution in [0.25, 0.3) is 0 Å². The number of benzene rings is 1. The fourth-order valence-electron chi connectivity index (χ4n) is 3.40. The molecular weight excluding hydrogens is 286 g/mol. The van der Waals surface area contributed by atoms with Crippen LogP contribution in [0, 0.1) is 11.8 Å². The van der Waals surface area contributed by atoms with Crippen molar-refractivity contribution in [2.45, 2.75) is 44.1 Å². The number of hydrogen-bond acceptors (Lipinski definition) is 2. The smallest absolute Gasteiger partial charge is 0.223 e. The minimum atomic E-state index is 0.0838. The van der Waals surface area contributed by atoms with Gasteiger partial charge in [-0.1, -0.05) is 29.8 Å². The largest absolute Gasteiger partial charge is 0.396 e. The standard InChI is InChI=1S/C17H22ClNO2/c18-16-4-2-1-3-13(16)14-9-15(14)17(21)19-12-7-5-11(10-20)6-8-12/h1-4,11-12,14-15,20H,5-10H2,(H,19,21). The van der Waals surface area contributed by atoms with Gasteiger partial charge in [0.25, 0.3) is 0 Å². The van der Waals surface area contributed by atoms with Crippen molar-refractivity contribution < 1.29 is 9.90 Å². The lowest BCUT2D eigenvalue weighted by Crippen LogP contribution is -2.39. The molecular formula is C17H22ClNO2. The lowest BCUT2D eigenvalue weighted by molar-refractivity contribution is -0.123. The van der Waals surface area contributed by atoms with Crippen LogP contribution >= 0.6 is 11.6 Å². The van der Waals surface area contributed by atoms with Gasteiger partial charge in [-0.05, 0) is 55.6 Å². The maximum absolute atomic E-state index is 12.3. The number of rotatable bonds is 4. The molecule has 0 aliphatic heterocycles. The van der Waals surface area contributed by atoms with Crippen molar-refractivity contribution in [3.63, 3.8) is 0 Å². The van der Waals surface area contributed by atoms with Crippen LogP contribution in [0.5, 0.6) is 0 Å². The van der Waals surface area contributed by atoms with E-state index in [4.69, 9.17) is 16.7 Å². The number of hydrogen-bond donors (Lipinski definition) is 2. The van der Waals surface area contributed by atoms with Crippen molar-refractivity contribution in [1.82, 2.24) is 5.32 Å². The fraction of sp³-hybridized carbons (Fsp3) is 0.588. The molecule has 0 spiro atoms. The van der Waals surface area contributed by atoms with Gasteiger partial charge in [-0.25, -0.2) is 0 Å². The number of halogens is 1. The van der Waals surface area contributed by atoms with E-state index in [0.29, 0.717) is 5.92 Å². The summed E-state index contributed by atoms with van der Waals surface area (Å²) in [7, 11) is 0. The van der Waals surface area contributed by atoms with Gasteiger partial charge in [0.05, 0.1) is 0 Å². The van der Waals surface area contributed by atoms with Crippen LogP contribution in [-0.4, -0.2) is 23.7 Å². The van der Waals surface area contributed by atoms with Gasteiger partial charge in [-0.3, -0.25) is 4.79 Å². The highest BCUT2D eigenvalue weighted by atomic mass is 35.5. The molecule has 2 atom stereocenters. The van der Waals surface area contributed by atoms with E-state index in [2.05, 4.69) is 5.32 Å². The van der Waals surface area contributed by atoms with E-state index in [1.165, 1.54) is 0 Å². The molecule has 4 heteroatoms. The van der Waals surface area contributed by atoms with E-state index >= 15 is 0 Å². The molecule has 0 saturated heterocycles. The Bertz CT molecular complexity index is 511. The minimum Gasteiger partial charge on any atom is -0.396 e. The zero-order valence-corrected chi connectivity index (χ0v) is 12.9. The Hall–Kier alpha value is -1.06. The number of amides is 1. The van der Waals surface area contributed by atoms with E-state index in [-0.39, 0.29) is 30.4 Å². The van der Waals surface area contributed by atoms with Gasteiger partial charge in [0.15, 0.2) is 0 Å². The first-order valence-corrected chi connectivity index (χ1v) is 8.22. The Morgan fingerprint density at radius 1 is 1.24 bits per heavy atom. The molecule has 1 aromatic carbocycles. The molecule has 2 unspecified atom stereocenters. The van der Waals surface area contributed by atoms with Gasteiger partial charge in [0, 0.05) is 23.6 Å². The van der Waals surface area contributed by atoms with Crippen LogP contribution in [0.3, 0.4) is 0 Å². The Labute approximate surface area is 130 Å².